The molecule has 0 aromatic carbocycles. The van der Waals surface area contributed by atoms with Gasteiger partial charge in [0.2, 0.25) is 5.91 Å². The zero-order valence-corrected chi connectivity index (χ0v) is 42.2. The first kappa shape index (κ1) is 61.8. The van der Waals surface area contributed by atoms with Gasteiger partial charge in [0, 0.05) is 6.42 Å². The van der Waals surface area contributed by atoms with Crippen LogP contribution in [0, 0.1) is 0 Å². The van der Waals surface area contributed by atoms with Crippen LogP contribution >= 0.6 is 0 Å². The Morgan fingerprint density at radius 2 is 0.925 bits per heavy atom. The van der Waals surface area contributed by atoms with E-state index in [4.69, 9.17) is 18.9 Å². The summed E-state index contributed by atoms with van der Waals surface area (Å²) in [7, 11) is 0. The van der Waals surface area contributed by atoms with Crippen molar-refractivity contribution in [1.29, 1.82) is 0 Å². The van der Waals surface area contributed by atoms with Gasteiger partial charge >= 0.3 is 0 Å². The summed E-state index contributed by atoms with van der Waals surface area (Å²) < 4.78 is 22.6. The lowest BCUT2D eigenvalue weighted by molar-refractivity contribution is -0.359. The van der Waals surface area contributed by atoms with Gasteiger partial charge in [-0.2, -0.15) is 0 Å². The predicted molar refractivity (Wildman–Crippen MR) is 263 cm³/mol. The molecule has 0 bridgehead atoms. The summed E-state index contributed by atoms with van der Waals surface area (Å²) in [5.74, 6) is -0.255. The molecule has 9 N–H and O–H groups in total. The molecule has 0 saturated carbocycles. The molecule has 1 amide bonds. The summed E-state index contributed by atoms with van der Waals surface area (Å²) >= 11 is 0. The van der Waals surface area contributed by atoms with Crippen molar-refractivity contribution in [3.8, 4) is 0 Å². The first-order valence-electron chi connectivity index (χ1n) is 27.4. The minimum absolute atomic E-state index is 0.255. The molecule has 0 aromatic rings. The van der Waals surface area contributed by atoms with Gasteiger partial charge in [-0.3, -0.25) is 4.79 Å². The second kappa shape index (κ2) is 40.3. The summed E-state index contributed by atoms with van der Waals surface area (Å²) in [6, 6.07) is -0.905. The van der Waals surface area contributed by atoms with E-state index in [9.17, 15) is 45.6 Å². The molecule has 2 saturated heterocycles. The molecule has 0 spiro atoms. The number of carbonyl (C=O) groups is 1. The number of hydrogen-bond donors (Lipinski definition) is 9. The lowest BCUT2D eigenvalue weighted by atomic mass is 9.97. The third kappa shape index (κ3) is 27.2. The van der Waals surface area contributed by atoms with Gasteiger partial charge in [-0.1, -0.05) is 212 Å². The monoisotopic (exact) mass is 960 g/mol. The molecule has 0 aliphatic carbocycles. The van der Waals surface area contributed by atoms with E-state index >= 15 is 0 Å². The number of hydrogen-bond acceptors (Lipinski definition) is 13. The fourth-order valence-electron chi connectivity index (χ4n) is 9.23. The topological polar surface area (TPSA) is 228 Å². The average molecular weight is 960 g/mol. The van der Waals surface area contributed by atoms with Crippen LogP contribution in [0.5, 0.6) is 0 Å². The Morgan fingerprint density at radius 1 is 0.522 bits per heavy atom. The molecule has 2 aliphatic heterocycles. The molecule has 2 rings (SSSR count). The Kier molecular flexibility index (Phi) is 37.2. The summed E-state index contributed by atoms with van der Waals surface area (Å²) in [5.41, 5.74) is 0. The van der Waals surface area contributed by atoms with E-state index < -0.39 is 86.8 Å². The smallest absolute Gasteiger partial charge is 0.220 e. The van der Waals surface area contributed by atoms with Crippen molar-refractivity contribution in [2.45, 2.75) is 299 Å². The molecule has 396 valence electrons. The number of carbonyl (C=O) groups excluding carboxylic acids is 1. The minimum atomic E-state index is -1.78. The average Bonchev–Trinajstić information content (AvgIpc) is 3.33. The summed E-state index contributed by atoms with van der Waals surface area (Å²) in [5, 5.41) is 86.3. The highest BCUT2D eigenvalue weighted by Gasteiger charge is 2.51. The van der Waals surface area contributed by atoms with Crippen LogP contribution in [-0.2, 0) is 23.7 Å². The molecular formula is C53H101NO13. The highest BCUT2D eigenvalue weighted by atomic mass is 16.7. The lowest BCUT2D eigenvalue weighted by Gasteiger charge is -2.46. The number of unbranched alkanes of at least 4 members (excludes halogenated alkanes) is 30. The lowest BCUT2D eigenvalue weighted by Crippen LogP contribution is -2.65. The van der Waals surface area contributed by atoms with Crippen LogP contribution in [0.25, 0.3) is 0 Å². The fourth-order valence-corrected chi connectivity index (χ4v) is 9.23. The standard InChI is InChI=1S/C53H101NO13/c1-3-5-7-9-10-11-12-13-14-15-16-17-18-19-20-21-22-23-24-25-26-27-28-29-30-31-32-33-34-36-42(57)41(54-45(58)37-35-8-6-4-2)40-64-52-50(63)48(61)51(44(39-56)66-52)67-53-49(62)47(60)46(59)43(38-55)65-53/h34,36,41-44,46-53,55-57,59-63H,3-33,35,37-40H2,1-2H3,(H,54,58)/b36-34+. The Morgan fingerprint density at radius 3 is 1.37 bits per heavy atom. The second-order valence-corrected chi connectivity index (χ2v) is 19.7. The number of rotatable bonds is 43. The molecule has 2 heterocycles. The Balaban J connectivity index is 1.60. The van der Waals surface area contributed by atoms with Crippen molar-refractivity contribution in [3.05, 3.63) is 12.2 Å². The number of aliphatic hydroxyl groups is 8. The van der Waals surface area contributed by atoms with Gasteiger partial charge in [-0.15, -0.1) is 0 Å². The Hall–Kier alpha value is -1.27. The van der Waals surface area contributed by atoms with Gasteiger partial charge in [-0.25, -0.2) is 0 Å². The van der Waals surface area contributed by atoms with E-state index in [1.807, 2.05) is 6.08 Å². The van der Waals surface area contributed by atoms with Gasteiger partial charge in [0.05, 0.1) is 32.0 Å². The van der Waals surface area contributed by atoms with Gasteiger partial charge in [0.15, 0.2) is 12.6 Å². The van der Waals surface area contributed by atoms with Crippen LogP contribution in [-0.4, -0.2) is 140 Å². The summed E-state index contributed by atoms with van der Waals surface area (Å²) in [6.45, 7) is 2.66. The van der Waals surface area contributed by atoms with E-state index in [2.05, 4.69) is 19.2 Å². The molecule has 12 unspecified atom stereocenters. The van der Waals surface area contributed by atoms with Crippen molar-refractivity contribution in [1.82, 2.24) is 5.32 Å². The number of amides is 1. The van der Waals surface area contributed by atoms with E-state index in [1.165, 1.54) is 161 Å². The molecule has 2 fully saturated rings. The zero-order chi connectivity index (χ0) is 48.9. The summed E-state index contributed by atoms with van der Waals surface area (Å²) in [4.78, 5) is 12.9. The van der Waals surface area contributed by atoms with Crippen LogP contribution in [0.3, 0.4) is 0 Å². The molecular weight excluding hydrogens is 859 g/mol. The van der Waals surface area contributed by atoms with Crippen molar-refractivity contribution in [3.63, 3.8) is 0 Å². The SMILES string of the molecule is CCCCCCCCCCCCCCCCCCCCCCCCCCCCC/C=C/C(O)C(COC1OC(CO)C(OC2OC(CO)C(O)C(O)C2O)C(O)C1O)NC(=O)CCCCCC. The maximum atomic E-state index is 12.9. The molecule has 14 nitrogen and oxygen atoms in total. The zero-order valence-electron chi connectivity index (χ0n) is 42.2. The molecule has 0 radical (unpaired) electrons. The van der Waals surface area contributed by atoms with Crippen LogP contribution in [0.1, 0.15) is 226 Å². The van der Waals surface area contributed by atoms with Gasteiger partial charge in [-0.05, 0) is 19.3 Å². The second-order valence-electron chi connectivity index (χ2n) is 19.7. The van der Waals surface area contributed by atoms with Gasteiger partial charge in [0.1, 0.15) is 48.8 Å². The maximum absolute atomic E-state index is 12.9. The van der Waals surface area contributed by atoms with E-state index in [1.54, 1.807) is 6.08 Å². The van der Waals surface area contributed by atoms with Crippen LogP contribution in [0.4, 0.5) is 0 Å². The van der Waals surface area contributed by atoms with E-state index in [-0.39, 0.29) is 18.9 Å². The Labute approximate surface area is 406 Å². The molecule has 12 atom stereocenters. The van der Waals surface area contributed by atoms with Gasteiger partial charge < -0.3 is 65.1 Å². The van der Waals surface area contributed by atoms with Crippen molar-refractivity contribution < 1.29 is 64.6 Å². The number of ether oxygens (including phenoxy) is 4. The minimum Gasteiger partial charge on any atom is -0.394 e. The fraction of sp³-hybridized carbons (Fsp3) is 0.943. The third-order valence-corrected chi connectivity index (χ3v) is 13.7. The molecule has 2 aliphatic rings. The normalized spacial score (nSPS) is 26.6. The molecule has 14 heteroatoms. The van der Waals surface area contributed by atoms with Crippen LogP contribution in [0.2, 0.25) is 0 Å². The first-order chi connectivity index (χ1) is 32.6. The number of allylic oxidation sites excluding steroid dienone is 1. The van der Waals surface area contributed by atoms with Crippen LogP contribution in [0.15, 0.2) is 12.2 Å². The van der Waals surface area contributed by atoms with Gasteiger partial charge in [0.25, 0.3) is 0 Å². The number of aliphatic hydroxyl groups excluding tert-OH is 8. The third-order valence-electron chi connectivity index (χ3n) is 13.7. The van der Waals surface area contributed by atoms with Crippen LogP contribution < -0.4 is 5.32 Å². The van der Waals surface area contributed by atoms with Crippen molar-refractivity contribution in [2.75, 3.05) is 19.8 Å². The van der Waals surface area contributed by atoms with Crippen molar-refractivity contribution >= 4 is 5.91 Å². The Bertz CT molecular complexity index is 1180. The van der Waals surface area contributed by atoms with Crippen molar-refractivity contribution in [2.24, 2.45) is 0 Å². The number of nitrogens with one attached hydrogen (secondary N) is 1. The quantitative estimate of drug-likeness (QED) is 0.0209. The predicted octanol–water partition coefficient (Wildman–Crippen LogP) is 7.94. The summed E-state index contributed by atoms with van der Waals surface area (Å²) in [6.07, 6.45) is 27.9. The van der Waals surface area contributed by atoms with E-state index in [0.717, 1.165) is 38.5 Å². The largest absolute Gasteiger partial charge is 0.394 e. The maximum Gasteiger partial charge on any atom is 0.220 e. The van der Waals surface area contributed by atoms with E-state index in [0.29, 0.717) is 6.42 Å². The highest BCUT2D eigenvalue weighted by molar-refractivity contribution is 5.76. The highest BCUT2D eigenvalue weighted by Crippen LogP contribution is 2.30. The first-order valence-corrected chi connectivity index (χ1v) is 27.4. The molecule has 67 heavy (non-hydrogen) atoms. The molecule has 0 aromatic heterocycles.